The highest BCUT2D eigenvalue weighted by molar-refractivity contribution is 4.82. The van der Waals surface area contributed by atoms with E-state index in [-0.39, 0.29) is 18.8 Å². The van der Waals surface area contributed by atoms with Gasteiger partial charge in [-0.3, -0.25) is 0 Å². The van der Waals surface area contributed by atoms with Crippen molar-refractivity contribution in [1.29, 1.82) is 0 Å². The first-order chi connectivity index (χ1) is 11.2. The molecule has 1 rings (SSSR count). The molecule has 3 N–H and O–H groups in total. The van der Waals surface area contributed by atoms with Crippen LogP contribution in [0.4, 0.5) is 0 Å². The number of aliphatic hydroxyl groups is 3. The van der Waals surface area contributed by atoms with E-state index in [9.17, 15) is 10.2 Å². The SMILES string of the molecule is CCCCCCCCCCCC[C@@H](O)C1CC[C@H]([C@@H](O)CO)O1. The Hall–Kier alpha value is -0.160. The maximum atomic E-state index is 10.2. The first kappa shape index (κ1) is 20.9. The third kappa shape index (κ3) is 9.04. The van der Waals surface area contributed by atoms with Crippen LogP contribution in [0.3, 0.4) is 0 Å². The minimum atomic E-state index is -0.815. The van der Waals surface area contributed by atoms with Gasteiger partial charge in [0.15, 0.2) is 0 Å². The molecule has 4 nitrogen and oxygen atoms in total. The molecule has 0 aromatic rings. The molecule has 0 radical (unpaired) electrons. The molecule has 1 aliphatic heterocycles. The molecule has 0 bridgehead atoms. The van der Waals surface area contributed by atoms with Gasteiger partial charge in [0, 0.05) is 0 Å². The summed E-state index contributed by atoms with van der Waals surface area (Å²) in [5.74, 6) is 0. The van der Waals surface area contributed by atoms with Crippen molar-refractivity contribution in [3.05, 3.63) is 0 Å². The Morgan fingerprint density at radius 2 is 1.26 bits per heavy atom. The van der Waals surface area contributed by atoms with Crippen LogP contribution in [0.2, 0.25) is 0 Å². The fourth-order valence-corrected chi connectivity index (χ4v) is 3.40. The summed E-state index contributed by atoms with van der Waals surface area (Å²) in [6.45, 7) is 1.98. The van der Waals surface area contributed by atoms with Crippen LogP contribution in [0.15, 0.2) is 0 Å². The molecule has 4 heteroatoms. The highest BCUT2D eigenvalue weighted by Gasteiger charge is 2.33. The molecule has 4 atom stereocenters. The van der Waals surface area contributed by atoms with Crippen molar-refractivity contribution in [2.75, 3.05) is 6.61 Å². The summed E-state index contributed by atoms with van der Waals surface area (Å²) >= 11 is 0. The zero-order chi connectivity index (χ0) is 16.9. The lowest BCUT2D eigenvalue weighted by atomic mass is 10.0. The minimum Gasteiger partial charge on any atom is -0.394 e. The molecule has 138 valence electrons. The number of ether oxygens (including phenoxy) is 1. The number of rotatable bonds is 14. The van der Waals surface area contributed by atoms with Gasteiger partial charge in [-0.2, -0.15) is 0 Å². The van der Waals surface area contributed by atoms with E-state index in [0.717, 1.165) is 25.7 Å². The van der Waals surface area contributed by atoms with E-state index in [0.29, 0.717) is 0 Å². The standard InChI is InChI=1S/C19H38O4/c1-2-3-4-5-6-7-8-9-10-11-12-16(21)18-13-14-19(23-18)17(22)15-20/h16-22H,2-15H2,1H3/t16-,17+,18?,19-/m1/s1. The van der Waals surface area contributed by atoms with Crippen molar-refractivity contribution in [1.82, 2.24) is 0 Å². The maximum absolute atomic E-state index is 10.2. The number of hydrogen-bond acceptors (Lipinski definition) is 4. The quantitative estimate of drug-likeness (QED) is 0.426. The van der Waals surface area contributed by atoms with Crippen molar-refractivity contribution >= 4 is 0 Å². The first-order valence-electron chi connectivity index (χ1n) is 9.81. The summed E-state index contributed by atoms with van der Waals surface area (Å²) in [5.41, 5.74) is 0. The van der Waals surface area contributed by atoms with Gasteiger partial charge in [-0.25, -0.2) is 0 Å². The lowest BCUT2D eigenvalue weighted by Crippen LogP contribution is -2.32. The van der Waals surface area contributed by atoms with Gasteiger partial charge in [0.05, 0.1) is 24.9 Å². The molecular weight excluding hydrogens is 292 g/mol. The Balaban J connectivity index is 1.93. The summed E-state index contributed by atoms with van der Waals surface area (Å²) in [6.07, 6.45) is 13.5. The third-order valence-corrected chi connectivity index (χ3v) is 4.98. The normalized spacial score (nSPS) is 24.0. The van der Waals surface area contributed by atoms with Gasteiger partial charge in [0.2, 0.25) is 0 Å². The maximum Gasteiger partial charge on any atom is 0.103 e. The molecule has 0 amide bonds. The van der Waals surface area contributed by atoms with Crippen molar-refractivity contribution < 1.29 is 20.1 Å². The molecule has 0 aromatic heterocycles. The van der Waals surface area contributed by atoms with E-state index >= 15 is 0 Å². The largest absolute Gasteiger partial charge is 0.394 e. The lowest BCUT2D eigenvalue weighted by Gasteiger charge is -2.21. The van der Waals surface area contributed by atoms with Crippen molar-refractivity contribution in [2.45, 2.75) is 115 Å². The summed E-state index contributed by atoms with van der Waals surface area (Å²) in [4.78, 5) is 0. The van der Waals surface area contributed by atoms with Crippen molar-refractivity contribution in [3.63, 3.8) is 0 Å². The molecule has 0 aromatic carbocycles. The number of hydrogen-bond donors (Lipinski definition) is 3. The third-order valence-electron chi connectivity index (χ3n) is 4.98. The second-order valence-electron chi connectivity index (χ2n) is 7.08. The molecule has 1 fully saturated rings. The Morgan fingerprint density at radius 1 is 0.783 bits per heavy atom. The monoisotopic (exact) mass is 330 g/mol. The predicted molar refractivity (Wildman–Crippen MR) is 93.5 cm³/mol. The molecule has 0 aliphatic carbocycles. The first-order valence-corrected chi connectivity index (χ1v) is 9.81. The molecule has 0 saturated carbocycles. The Kier molecular flexibility index (Phi) is 12.0. The average Bonchev–Trinajstić information content (AvgIpc) is 3.05. The molecule has 0 spiro atoms. The number of unbranched alkanes of at least 4 members (excludes halogenated alkanes) is 9. The summed E-state index contributed by atoms with van der Waals surface area (Å²) in [7, 11) is 0. The zero-order valence-corrected chi connectivity index (χ0v) is 15.0. The van der Waals surface area contributed by atoms with Crippen molar-refractivity contribution in [3.8, 4) is 0 Å². The smallest absolute Gasteiger partial charge is 0.103 e. The Morgan fingerprint density at radius 3 is 1.78 bits per heavy atom. The van der Waals surface area contributed by atoms with Gasteiger partial charge < -0.3 is 20.1 Å². The fraction of sp³-hybridized carbons (Fsp3) is 1.00. The second-order valence-corrected chi connectivity index (χ2v) is 7.08. The van der Waals surface area contributed by atoms with Gasteiger partial charge in [-0.05, 0) is 19.3 Å². The summed E-state index contributed by atoms with van der Waals surface area (Å²) in [6, 6.07) is 0. The van der Waals surface area contributed by atoms with Crippen LogP contribution in [0.1, 0.15) is 90.4 Å². The Labute approximate surface area is 142 Å². The fourth-order valence-electron chi connectivity index (χ4n) is 3.40. The second kappa shape index (κ2) is 13.2. The van der Waals surface area contributed by atoms with Gasteiger partial charge in [0.1, 0.15) is 6.10 Å². The Bertz CT molecular complexity index is 272. The van der Waals surface area contributed by atoms with E-state index in [1.54, 1.807) is 0 Å². The predicted octanol–water partition coefficient (Wildman–Crippen LogP) is 3.56. The molecule has 23 heavy (non-hydrogen) atoms. The molecule has 1 heterocycles. The van der Waals surface area contributed by atoms with Crippen LogP contribution < -0.4 is 0 Å². The summed E-state index contributed by atoms with van der Waals surface area (Å²) in [5, 5.41) is 28.7. The van der Waals surface area contributed by atoms with Gasteiger partial charge in [0.25, 0.3) is 0 Å². The highest BCUT2D eigenvalue weighted by Crippen LogP contribution is 2.26. The van der Waals surface area contributed by atoms with E-state index in [2.05, 4.69) is 6.92 Å². The van der Waals surface area contributed by atoms with Crippen LogP contribution in [-0.4, -0.2) is 46.3 Å². The highest BCUT2D eigenvalue weighted by atomic mass is 16.5. The van der Waals surface area contributed by atoms with E-state index in [1.807, 2.05) is 0 Å². The van der Waals surface area contributed by atoms with Crippen LogP contribution in [-0.2, 0) is 4.74 Å². The molecule has 1 aliphatic rings. The molecule has 1 saturated heterocycles. The topological polar surface area (TPSA) is 69.9 Å². The van der Waals surface area contributed by atoms with Crippen LogP contribution >= 0.6 is 0 Å². The van der Waals surface area contributed by atoms with Crippen LogP contribution in [0, 0.1) is 0 Å². The van der Waals surface area contributed by atoms with Gasteiger partial charge >= 0.3 is 0 Å². The van der Waals surface area contributed by atoms with E-state index in [4.69, 9.17) is 9.84 Å². The molecular formula is C19H38O4. The van der Waals surface area contributed by atoms with Gasteiger partial charge in [-0.1, -0.05) is 71.1 Å². The van der Waals surface area contributed by atoms with Crippen LogP contribution in [0.25, 0.3) is 0 Å². The lowest BCUT2D eigenvalue weighted by molar-refractivity contribution is -0.0873. The van der Waals surface area contributed by atoms with Gasteiger partial charge in [-0.15, -0.1) is 0 Å². The zero-order valence-electron chi connectivity index (χ0n) is 15.0. The van der Waals surface area contributed by atoms with E-state index in [1.165, 1.54) is 57.8 Å². The van der Waals surface area contributed by atoms with Crippen LogP contribution in [0.5, 0.6) is 0 Å². The summed E-state index contributed by atoms with van der Waals surface area (Å²) < 4.78 is 5.66. The van der Waals surface area contributed by atoms with E-state index < -0.39 is 12.2 Å². The van der Waals surface area contributed by atoms with Crippen molar-refractivity contribution in [2.24, 2.45) is 0 Å². The minimum absolute atomic E-state index is 0.167. The average molecular weight is 331 g/mol. The molecule has 1 unspecified atom stereocenters. The number of aliphatic hydroxyl groups excluding tert-OH is 3.